The van der Waals surface area contributed by atoms with Gasteiger partial charge in [-0.05, 0) is 12.1 Å². The van der Waals surface area contributed by atoms with Gasteiger partial charge in [0.25, 0.3) is 6.43 Å². The van der Waals surface area contributed by atoms with Gasteiger partial charge in [0.2, 0.25) is 0 Å². The molecule has 0 aromatic carbocycles. The van der Waals surface area contributed by atoms with Gasteiger partial charge in [0.05, 0.1) is 19.2 Å². The summed E-state index contributed by atoms with van der Waals surface area (Å²) in [4.78, 5) is 14.0. The standard InChI is InChI=1S/C10H8F5NO2/c1-18-8(17)4-6-5(9(11)12)2-3-7(16-6)10(13,14)15/h2-3,9H,4H2,1H3. The number of halogens is 5. The Hall–Kier alpha value is -1.73. The van der Waals surface area contributed by atoms with Crippen LogP contribution in [0.3, 0.4) is 0 Å². The van der Waals surface area contributed by atoms with Crippen molar-refractivity contribution in [2.24, 2.45) is 0 Å². The van der Waals surface area contributed by atoms with Crippen LogP contribution in [-0.2, 0) is 22.1 Å². The maximum atomic E-state index is 12.5. The normalized spacial score (nSPS) is 11.7. The number of carbonyl (C=O) groups excluding carboxylic acids is 1. The molecular formula is C10H8F5NO2. The largest absolute Gasteiger partial charge is 0.469 e. The van der Waals surface area contributed by atoms with Crippen LogP contribution in [0.5, 0.6) is 0 Å². The Morgan fingerprint density at radius 2 is 2.00 bits per heavy atom. The van der Waals surface area contributed by atoms with Crippen LogP contribution in [0, 0.1) is 0 Å². The maximum Gasteiger partial charge on any atom is 0.433 e. The maximum absolute atomic E-state index is 12.5. The molecule has 1 aromatic rings. The average molecular weight is 269 g/mol. The van der Waals surface area contributed by atoms with Crippen molar-refractivity contribution in [3.63, 3.8) is 0 Å². The number of hydrogen-bond acceptors (Lipinski definition) is 3. The zero-order valence-corrected chi connectivity index (χ0v) is 9.09. The van der Waals surface area contributed by atoms with Crippen LogP contribution in [0.1, 0.15) is 23.4 Å². The Morgan fingerprint density at radius 1 is 1.39 bits per heavy atom. The molecule has 0 bridgehead atoms. The SMILES string of the molecule is COC(=O)Cc1nc(C(F)(F)F)ccc1C(F)F. The summed E-state index contributed by atoms with van der Waals surface area (Å²) in [6.07, 6.45) is -8.51. The summed E-state index contributed by atoms with van der Waals surface area (Å²) in [7, 11) is 0.998. The van der Waals surface area contributed by atoms with E-state index in [1.54, 1.807) is 0 Å². The molecule has 0 atom stereocenters. The minimum absolute atomic E-state index is 0.447. The van der Waals surface area contributed by atoms with Gasteiger partial charge < -0.3 is 4.74 Å². The summed E-state index contributed by atoms with van der Waals surface area (Å²) >= 11 is 0. The molecular weight excluding hydrogens is 261 g/mol. The Labute approximate surface area is 98.6 Å². The van der Waals surface area contributed by atoms with E-state index in [2.05, 4.69) is 9.72 Å². The quantitative estimate of drug-likeness (QED) is 0.625. The molecule has 0 radical (unpaired) electrons. The summed E-state index contributed by atoms with van der Waals surface area (Å²) < 4.78 is 66.3. The number of nitrogens with zero attached hydrogens (tertiary/aromatic N) is 1. The third-order valence-corrected chi connectivity index (χ3v) is 2.07. The van der Waals surface area contributed by atoms with E-state index in [9.17, 15) is 26.7 Å². The van der Waals surface area contributed by atoms with E-state index < -0.39 is 41.9 Å². The van der Waals surface area contributed by atoms with E-state index in [-0.39, 0.29) is 0 Å². The molecule has 100 valence electrons. The highest BCUT2D eigenvalue weighted by molar-refractivity contribution is 5.72. The third-order valence-electron chi connectivity index (χ3n) is 2.07. The lowest BCUT2D eigenvalue weighted by molar-refractivity contribution is -0.143. The van der Waals surface area contributed by atoms with E-state index in [1.165, 1.54) is 0 Å². The highest BCUT2D eigenvalue weighted by Crippen LogP contribution is 2.30. The molecule has 0 fully saturated rings. The predicted molar refractivity (Wildman–Crippen MR) is 49.9 cm³/mol. The summed E-state index contributed by atoms with van der Waals surface area (Å²) in [6, 6.07) is 1.06. The molecule has 18 heavy (non-hydrogen) atoms. The van der Waals surface area contributed by atoms with Gasteiger partial charge >= 0.3 is 12.1 Å². The number of carbonyl (C=O) groups is 1. The summed E-state index contributed by atoms with van der Waals surface area (Å²) in [5, 5.41) is 0. The zero-order chi connectivity index (χ0) is 13.9. The summed E-state index contributed by atoms with van der Waals surface area (Å²) in [6.45, 7) is 0. The summed E-state index contributed by atoms with van der Waals surface area (Å²) in [5.41, 5.74) is -2.68. The van der Waals surface area contributed by atoms with Gasteiger partial charge in [-0.1, -0.05) is 0 Å². The molecule has 0 aliphatic rings. The number of rotatable bonds is 3. The van der Waals surface area contributed by atoms with Gasteiger partial charge in [-0.25, -0.2) is 13.8 Å². The van der Waals surface area contributed by atoms with Gasteiger partial charge in [-0.15, -0.1) is 0 Å². The number of aromatic nitrogens is 1. The molecule has 0 saturated heterocycles. The van der Waals surface area contributed by atoms with Crippen LogP contribution in [-0.4, -0.2) is 18.1 Å². The fraction of sp³-hybridized carbons (Fsp3) is 0.400. The molecule has 1 rings (SSSR count). The summed E-state index contributed by atoms with van der Waals surface area (Å²) in [5.74, 6) is -0.941. The second kappa shape index (κ2) is 5.28. The predicted octanol–water partition coefficient (Wildman–Crippen LogP) is 2.75. The van der Waals surface area contributed by atoms with Gasteiger partial charge in [0, 0.05) is 5.56 Å². The molecule has 3 nitrogen and oxygen atoms in total. The second-order valence-corrected chi connectivity index (χ2v) is 3.28. The van der Waals surface area contributed by atoms with Gasteiger partial charge in [0.1, 0.15) is 5.69 Å². The number of hydrogen-bond donors (Lipinski definition) is 0. The van der Waals surface area contributed by atoms with Crippen LogP contribution in [0.25, 0.3) is 0 Å². The van der Waals surface area contributed by atoms with E-state index >= 15 is 0 Å². The lowest BCUT2D eigenvalue weighted by Crippen LogP contribution is -2.14. The molecule has 0 aliphatic heterocycles. The Balaban J connectivity index is 3.20. The molecule has 1 aromatic heterocycles. The fourth-order valence-electron chi connectivity index (χ4n) is 1.22. The number of methoxy groups -OCH3 is 1. The van der Waals surface area contributed by atoms with Crippen LogP contribution >= 0.6 is 0 Å². The first-order chi connectivity index (χ1) is 8.25. The number of esters is 1. The molecule has 1 heterocycles. The Morgan fingerprint density at radius 3 is 2.44 bits per heavy atom. The number of alkyl halides is 5. The van der Waals surface area contributed by atoms with Gasteiger partial charge in [0.15, 0.2) is 0 Å². The van der Waals surface area contributed by atoms with Crippen molar-refractivity contribution >= 4 is 5.97 Å². The van der Waals surface area contributed by atoms with Crippen molar-refractivity contribution in [3.05, 3.63) is 29.1 Å². The fourth-order valence-corrected chi connectivity index (χ4v) is 1.22. The number of pyridine rings is 1. The lowest BCUT2D eigenvalue weighted by Gasteiger charge is -2.11. The molecule has 8 heteroatoms. The van der Waals surface area contributed by atoms with Gasteiger partial charge in [-0.2, -0.15) is 13.2 Å². The third kappa shape index (κ3) is 3.38. The Kier molecular flexibility index (Phi) is 4.20. The number of ether oxygens (including phenoxy) is 1. The highest BCUT2D eigenvalue weighted by Gasteiger charge is 2.33. The van der Waals surface area contributed by atoms with Crippen molar-refractivity contribution in [3.8, 4) is 0 Å². The molecule has 0 aliphatic carbocycles. The van der Waals surface area contributed by atoms with Crippen LogP contribution in [0.4, 0.5) is 22.0 Å². The highest BCUT2D eigenvalue weighted by atomic mass is 19.4. The van der Waals surface area contributed by atoms with E-state index in [0.29, 0.717) is 12.1 Å². The monoisotopic (exact) mass is 269 g/mol. The van der Waals surface area contributed by atoms with E-state index in [4.69, 9.17) is 0 Å². The molecule has 0 unspecified atom stereocenters. The Bertz CT molecular complexity index is 444. The molecule has 0 spiro atoms. The van der Waals surface area contributed by atoms with Crippen LogP contribution < -0.4 is 0 Å². The minimum atomic E-state index is -4.76. The topological polar surface area (TPSA) is 39.2 Å². The smallest absolute Gasteiger partial charge is 0.433 e. The first kappa shape index (κ1) is 14.3. The van der Waals surface area contributed by atoms with Gasteiger partial charge in [-0.3, -0.25) is 4.79 Å². The van der Waals surface area contributed by atoms with Crippen LogP contribution in [0.2, 0.25) is 0 Å². The first-order valence-corrected chi connectivity index (χ1v) is 4.67. The molecule has 0 saturated carbocycles. The molecule has 0 N–H and O–H groups in total. The molecule has 0 amide bonds. The second-order valence-electron chi connectivity index (χ2n) is 3.28. The van der Waals surface area contributed by atoms with Crippen molar-refractivity contribution in [1.82, 2.24) is 4.98 Å². The van der Waals surface area contributed by atoms with E-state index in [0.717, 1.165) is 7.11 Å². The van der Waals surface area contributed by atoms with E-state index in [1.807, 2.05) is 0 Å². The van der Waals surface area contributed by atoms with Crippen molar-refractivity contribution in [2.45, 2.75) is 19.0 Å². The van der Waals surface area contributed by atoms with Crippen LogP contribution in [0.15, 0.2) is 12.1 Å². The van der Waals surface area contributed by atoms with Crippen molar-refractivity contribution < 1.29 is 31.5 Å². The van der Waals surface area contributed by atoms with Crippen molar-refractivity contribution in [1.29, 1.82) is 0 Å². The average Bonchev–Trinajstić information content (AvgIpc) is 2.27. The lowest BCUT2D eigenvalue weighted by atomic mass is 10.1. The van der Waals surface area contributed by atoms with Crippen molar-refractivity contribution in [2.75, 3.05) is 7.11 Å². The zero-order valence-electron chi connectivity index (χ0n) is 9.09. The minimum Gasteiger partial charge on any atom is -0.469 e. The first-order valence-electron chi connectivity index (χ1n) is 4.67.